The number of primary sulfonamides is 1. The number of pyridine rings is 1. The van der Waals surface area contributed by atoms with E-state index in [0.29, 0.717) is 10.6 Å². The van der Waals surface area contributed by atoms with Crippen LogP contribution in [0.15, 0.2) is 77.2 Å². The van der Waals surface area contributed by atoms with Crippen molar-refractivity contribution < 1.29 is 21.6 Å². The van der Waals surface area contributed by atoms with E-state index in [-0.39, 0.29) is 26.1 Å². The van der Waals surface area contributed by atoms with Crippen molar-refractivity contribution in [1.29, 1.82) is 0 Å². The van der Waals surface area contributed by atoms with Gasteiger partial charge in [-0.1, -0.05) is 24.3 Å². The third kappa shape index (κ3) is 4.65. The predicted molar refractivity (Wildman–Crippen MR) is 116 cm³/mol. The Kier molecular flexibility index (Phi) is 6.17. The van der Waals surface area contributed by atoms with E-state index in [1.54, 1.807) is 24.4 Å². The van der Waals surface area contributed by atoms with Gasteiger partial charge in [0.05, 0.1) is 26.9 Å². The van der Waals surface area contributed by atoms with Gasteiger partial charge in [-0.25, -0.2) is 22.0 Å². The minimum Gasteiger partial charge on any atom is -0.320 e. The van der Waals surface area contributed by atoms with Crippen molar-refractivity contribution in [1.82, 2.24) is 4.98 Å². The van der Waals surface area contributed by atoms with Crippen LogP contribution < -0.4 is 10.5 Å². The van der Waals surface area contributed by atoms with Gasteiger partial charge in [-0.2, -0.15) is 0 Å². The lowest BCUT2D eigenvalue weighted by Crippen LogP contribution is -2.19. The average molecular weight is 464 g/mol. The smallest absolute Gasteiger partial charge is 0.267 e. The summed E-state index contributed by atoms with van der Waals surface area (Å²) in [5, 5.41) is 7.65. The number of nitrogens with zero attached hydrogens (tertiary/aromatic N) is 1. The summed E-state index contributed by atoms with van der Waals surface area (Å²) in [4.78, 5) is 17.1. The second-order valence-corrected chi connectivity index (χ2v) is 10.7. The fourth-order valence-corrected chi connectivity index (χ4v) is 6.00. The number of rotatable bonds is 7. The number of sulfone groups is 1. The molecule has 3 aromatic rings. The molecule has 0 aliphatic rings. The number of aromatic nitrogens is 1. The summed E-state index contributed by atoms with van der Waals surface area (Å²) in [6.07, 6.45) is 2.78. The number of carbonyl (C=O) groups is 1. The number of anilines is 1. The van der Waals surface area contributed by atoms with Crippen LogP contribution in [0.25, 0.3) is 10.6 Å². The maximum Gasteiger partial charge on any atom is 0.267 e. The van der Waals surface area contributed by atoms with Crippen LogP contribution in [0, 0.1) is 0 Å². The van der Waals surface area contributed by atoms with Crippen molar-refractivity contribution in [2.75, 3.05) is 11.1 Å². The largest absolute Gasteiger partial charge is 0.320 e. The lowest BCUT2D eigenvalue weighted by Gasteiger charge is -2.09. The van der Waals surface area contributed by atoms with Crippen molar-refractivity contribution >= 4 is 42.8 Å². The Morgan fingerprint density at radius 2 is 1.80 bits per heavy atom. The van der Waals surface area contributed by atoms with Crippen LogP contribution >= 0.6 is 11.3 Å². The first-order chi connectivity index (χ1) is 14.1. The molecule has 0 saturated carbocycles. The van der Waals surface area contributed by atoms with E-state index in [9.17, 15) is 21.6 Å². The monoisotopic (exact) mass is 463 g/mol. The van der Waals surface area contributed by atoms with E-state index < -0.39 is 25.8 Å². The van der Waals surface area contributed by atoms with Crippen molar-refractivity contribution in [2.45, 2.75) is 9.79 Å². The Balaban J connectivity index is 2.10. The Morgan fingerprint density at radius 1 is 1.10 bits per heavy atom. The summed E-state index contributed by atoms with van der Waals surface area (Å²) >= 11 is 0.937. The number of hydrogen-bond donors (Lipinski definition) is 2. The molecule has 0 aliphatic carbocycles. The number of sulfonamides is 1. The number of carbonyl (C=O) groups excluding carboxylic acids is 1. The van der Waals surface area contributed by atoms with Crippen LogP contribution in [0.2, 0.25) is 0 Å². The minimum absolute atomic E-state index is 0.0511. The summed E-state index contributed by atoms with van der Waals surface area (Å²) in [6.45, 7) is 3.45. The van der Waals surface area contributed by atoms with Crippen LogP contribution in [-0.4, -0.2) is 33.5 Å². The van der Waals surface area contributed by atoms with Crippen molar-refractivity contribution in [3.05, 3.63) is 72.3 Å². The van der Waals surface area contributed by atoms with E-state index in [1.165, 1.54) is 36.4 Å². The maximum absolute atomic E-state index is 13.0. The molecule has 156 valence electrons. The van der Waals surface area contributed by atoms with Gasteiger partial charge in [0.15, 0.2) is 9.84 Å². The molecule has 2 heterocycles. The molecule has 0 fully saturated rings. The van der Waals surface area contributed by atoms with Gasteiger partial charge in [-0.15, -0.1) is 17.9 Å². The topological polar surface area (TPSA) is 136 Å². The standard InChI is InChI=1S/C19H17N3O5S3/c1-2-11-29(24,25)17-12-15(13-7-5-6-10-21-13)28-18(17)19(23)22-14-8-3-4-9-16(14)30(20,26)27/h2-10,12H,1,11H2,(H,22,23)(H2,20,26,27). The molecule has 11 heteroatoms. The van der Waals surface area contributed by atoms with Gasteiger partial charge in [0.25, 0.3) is 5.91 Å². The first kappa shape index (κ1) is 21.8. The Bertz CT molecular complexity index is 1310. The van der Waals surface area contributed by atoms with Crippen LogP contribution in [0.3, 0.4) is 0 Å². The molecule has 0 unspecified atom stereocenters. The fourth-order valence-electron chi connectivity index (χ4n) is 2.64. The van der Waals surface area contributed by atoms with E-state index in [4.69, 9.17) is 5.14 Å². The molecule has 1 aromatic carbocycles. The molecule has 0 bridgehead atoms. The average Bonchev–Trinajstić information content (AvgIpc) is 3.15. The first-order valence-corrected chi connectivity index (χ1v) is 12.5. The van der Waals surface area contributed by atoms with Gasteiger partial charge in [0.1, 0.15) is 9.77 Å². The highest BCUT2D eigenvalue weighted by Gasteiger charge is 2.27. The van der Waals surface area contributed by atoms with Crippen molar-refractivity contribution in [3.8, 4) is 10.6 Å². The molecule has 1 amide bonds. The first-order valence-electron chi connectivity index (χ1n) is 8.45. The molecule has 30 heavy (non-hydrogen) atoms. The molecule has 3 N–H and O–H groups in total. The quantitative estimate of drug-likeness (QED) is 0.517. The van der Waals surface area contributed by atoms with Crippen LogP contribution in [-0.2, 0) is 19.9 Å². The SMILES string of the molecule is C=CCS(=O)(=O)c1cc(-c2ccccn2)sc1C(=O)Nc1ccccc1S(N)(=O)=O. The highest BCUT2D eigenvalue weighted by Crippen LogP contribution is 2.34. The molecule has 0 spiro atoms. The number of nitrogens with one attached hydrogen (secondary N) is 1. The number of amides is 1. The van der Waals surface area contributed by atoms with Crippen LogP contribution in [0.4, 0.5) is 5.69 Å². The Morgan fingerprint density at radius 3 is 2.43 bits per heavy atom. The number of hydrogen-bond acceptors (Lipinski definition) is 7. The van der Waals surface area contributed by atoms with Crippen molar-refractivity contribution in [3.63, 3.8) is 0 Å². The Hall–Kier alpha value is -2.86. The number of thiophene rings is 1. The third-order valence-corrected chi connectivity index (χ3v) is 7.86. The van der Waals surface area contributed by atoms with Gasteiger partial charge in [-0.3, -0.25) is 9.78 Å². The molecule has 0 aliphatic heterocycles. The molecule has 2 aromatic heterocycles. The van der Waals surface area contributed by atoms with Gasteiger partial charge in [0, 0.05) is 6.20 Å². The second kappa shape index (κ2) is 8.48. The third-order valence-electron chi connectivity index (χ3n) is 3.94. The molecular formula is C19H17N3O5S3. The maximum atomic E-state index is 13.0. The summed E-state index contributed by atoms with van der Waals surface area (Å²) < 4.78 is 49.0. The number of benzene rings is 1. The summed E-state index contributed by atoms with van der Waals surface area (Å²) in [7, 11) is -7.94. The predicted octanol–water partition coefficient (Wildman–Crippen LogP) is 2.67. The van der Waals surface area contributed by atoms with E-state index >= 15 is 0 Å². The van der Waals surface area contributed by atoms with Gasteiger partial charge in [-0.05, 0) is 30.3 Å². The number of nitrogens with two attached hydrogens (primary N) is 1. The molecule has 3 rings (SSSR count). The molecule has 0 radical (unpaired) electrons. The second-order valence-electron chi connectivity index (χ2n) is 6.08. The summed E-state index contributed by atoms with van der Waals surface area (Å²) in [5.41, 5.74) is 0.450. The van der Waals surface area contributed by atoms with Gasteiger partial charge in [0.2, 0.25) is 10.0 Å². The lowest BCUT2D eigenvalue weighted by atomic mass is 10.3. The summed E-state index contributed by atoms with van der Waals surface area (Å²) in [5.74, 6) is -1.14. The van der Waals surface area contributed by atoms with E-state index in [1.807, 2.05) is 0 Å². The lowest BCUT2D eigenvalue weighted by molar-refractivity contribution is 0.102. The van der Waals surface area contributed by atoms with E-state index in [2.05, 4.69) is 16.9 Å². The Labute approximate surface area is 178 Å². The highest BCUT2D eigenvalue weighted by molar-refractivity contribution is 7.91. The minimum atomic E-state index is -4.10. The van der Waals surface area contributed by atoms with E-state index in [0.717, 1.165) is 11.3 Å². The number of para-hydroxylation sites is 1. The zero-order valence-corrected chi connectivity index (χ0v) is 17.9. The van der Waals surface area contributed by atoms with Crippen LogP contribution in [0.1, 0.15) is 9.67 Å². The van der Waals surface area contributed by atoms with Crippen molar-refractivity contribution in [2.24, 2.45) is 5.14 Å². The fraction of sp³-hybridized carbons (Fsp3) is 0.0526. The summed E-state index contributed by atoms with van der Waals surface area (Å²) in [6, 6.07) is 12.1. The zero-order chi connectivity index (χ0) is 21.9. The highest BCUT2D eigenvalue weighted by atomic mass is 32.2. The zero-order valence-electron chi connectivity index (χ0n) is 15.5. The normalized spacial score (nSPS) is 11.8. The molecular weight excluding hydrogens is 446 g/mol. The van der Waals surface area contributed by atoms with Gasteiger partial charge >= 0.3 is 0 Å². The molecule has 0 atom stereocenters. The molecule has 0 saturated heterocycles. The molecule has 8 nitrogen and oxygen atoms in total. The van der Waals surface area contributed by atoms with Gasteiger partial charge < -0.3 is 5.32 Å². The van der Waals surface area contributed by atoms with Crippen LogP contribution in [0.5, 0.6) is 0 Å².